The Morgan fingerprint density at radius 2 is 1.89 bits per heavy atom. The Morgan fingerprint density at radius 3 is 2.44 bits per heavy atom. The van der Waals surface area contributed by atoms with Gasteiger partial charge in [-0.2, -0.15) is 0 Å². The zero-order chi connectivity index (χ0) is 13.3. The molecular formula is C14H21NO2S. The van der Waals surface area contributed by atoms with Crippen LogP contribution >= 0.6 is 0 Å². The average molecular weight is 267 g/mol. The maximum atomic E-state index is 12.5. The number of nitrogens with zero attached hydrogens (tertiary/aromatic N) is 1. The summed E-state index contributed by atoms with van der Waals surface area (Å²) in [5, 5.41) is 9.33. The van der Waals surface area contributed by atoms with Gasteiger partial charge < -0.3 is 9.66 Å². The Bertz CT molecular complexity index is 399. The SMILES string of the molecule is CC(C)(C)[S+]([O-])N1CCC[C@@H]1c1ccc(O)cc1. The number of aromatic hydroxyl groups is 1. The van der Waals surface area contributed by atoms with Crippen LogP contribution in [0, 0.1) is 0 Å². The number of benzene rings is 1. The van der Waals surface area contributed by atoms with E-state index in [0.29, 0.717) is 0 Å². The van der Waals surface area contributed by atoms with Crippen molar-refractivity contribution in [1.82, 2.24) is 4.31 Å². The van der Waals surface area contributed by atoms with Crippen LogP contribution in [0.2, 0.25) is 0 Å². The zero-order valence-corrected chi connectivity index (χ0v) is 12.0. The summed E-state index contributed by atoms with van der Waals surface area (Å²) in [5.74, 6) is 0.278. The van der Waals surface area contributed by atoms with Crippen molar-refractivity contribution in [3.63, 3.8) is 0 Å². The van der Waals surface area contributed by atoms with Gasteiger partial charge in [0.2, 0.25) is 0 Å². The van der Waals surface area contributed by atoms with Gasteiger partial charge in [0.05, 0.1) is 6.04 Å². The molecule has 0 aromatic heterocycles. The van der Waals surface area contributed by atoms with Gasteiger partial charge in [-0.25, -0.2) is 0 Å². The lowest BCUT2D eigenvalue weighted by molar-refractivity contribution is 0.380. The van der Waals surface area contributed by atoms with Gasteiger partial charge in [-0.3, -0.25) is 0 Å². The second-order valence-corrected chi connectivity index (χ2v) is 7.94. The van der Waals surface area contributed by atoms with Gasteiger partial charge in [-0.15, -0.1) is 4.31 Å². The number of hydrogen-bond acceptors (Lipinski definition) is 3. The standard InChI is InChI=1S/C14H21NO2S/c1-14(2,3)18(17)15-10-4-5-13(15)11-6-8-12(16)9-7-11/h6-9,13,16H,4-5,10H2,1-3H3/t13-,18?/m1/s1. The van der Waals surface area contributed by atoms with Crippen molar-refractivity contribution in [2.45, 2.75) is 44.4 Å². The fraction of sp³-hybridized carbons (Fsp3) is 0.571. The molecule has 1 aliphatic rings. The van der Waals surface area contributed by atoms with E-state index in [2.05, 4.69) is 4.31 Å². The predicted molar refractivity (Wildman–Crippen MR) is 74.7 cm³/mol. The monoisotopic (exact) mass is 267 g/mol. The Kier molecular flexibility index (Phi) is 3.90. The van der Waals surface area contributed by atoms with Crippen LogP contribution in [0.4, 0.5) is 0 Å². The first-order valence-electron chi connectivity index (χ1n) is 6.37. The van der Waals surface area contributed by atoms with Crippen molar-refractivity contribution >= 4 is 11.4 Å². The summed E-state index contributed by atoms with van der Waals surface area (Å²) in [5.41, 5.74) is 1.14. The summed E-state index contributed by atoms with van der Waals surface area (Å²) < 4.78 is 14.4. The van der Waals surface area contributed by atoms with Crippen LogP contribution in [0.15, 0.2) is 24.3 Å². The molecule has 1 unspecified atom stereocenters. The zero-order valence-electron chi connectivity index (χ0n) is 11.2. The third kappa shape index (κ3) is 2.82. The number of hydrogen-bond donors (Lipinski definition) is 1. The Morgan fingerprint density at radius 1 is 1.28 bits per heavy atom. The highest BCUT2D eigenvalue weighted by Gasteiger charge is 2.40. The fourth-order valence-electron chi connectivity index (χ4n) is 2.32. The first-order chi connectivity index (χ1) is 8.39. The van der Waals surface area contributed by atoms with Crippen molar-refractivity contribution in [3.8, 4) is 5.75 Å². The van der Waals surface area contributed by atoms with Crippen LogP contribution in [-0.2, 0) is 11.4 Å². The molecule has 2 atom stereocenters. The Hall–Kier alpha value is -0.710. The molecule has 1 aliphatic heterocycles. The molecule has 0 radical (unpaired) electrons. The molecule has 1 aromatic rings. The van der Waals surface area contributed by atoms with Gasteiger partial charge in [-0.05, 0) is 51.3 Å². The molecule has 1 aromatic carbocycles. The highest BCUT2D eigenvalue weighted by molar-refractivity contribution is 7.90. The van der Waals surface area contributed by atoms with Gasteiger partial charge in [0.1, 0.15) is 10.5 Å². The van der Waals surface area contributed by atoms with Crippen molar-refractivity contribution in [1.29, 1.82) is 0 Å². The third-order valence-electron chi connectivity index (χ3n) is 3.22. The molecule has 4 heteroatoms. The minimum absolute atomic E-state index is 0.214. The molecule has 0 saturated carbocycles. The number of phenols is 1. The first-order valence-corrected chi connectivity index (χ1v) is 7.48. The molecule has 2 rings (SSSR count). The summed E-state index contributed by atoms with van der Waals surface area (Å²) >= 11 is -0.978. The third-order valence-corrected chi connectivity index (χ3v) is 5.13. The van der Waals surface area contributed by atoms with E-state index in [1.807, 2.05) is 32.9 Å². The molecule has 3 nitrogen and oxygen atoms in total. The molecule has 1 N–H and O–H groups in total. The van der Waals surface area contributed by atoms with Gasteiger partial charge in [0, 0.05) is 17.9 Å². The van der Waals surface area contributed by atoms with Crippen LogP contribution in [0.25, 0.3) is 0 Å². The lowest BCUT2D eigenvalue weighted by Crippen LogP contribution is -2.42. The summed E-state index contributed by atoms with van der Waals surface area (Å²) in [6.07, 6.45) is 2.11. The van der Waals surface area contributed by atoms with E-state index in [9.17, 15) is 9.66 Å². The van der Waals surface area contributed by atoms with Crippen molar-refractivity contribution in [2.24, 2.45) is 0 Å². The largest absolute Gasteiger partial charge is 0.597 e. The number of rotatable bonds is 2. The Balaban J connectivity index is 2.20. The lowest BCUT2D eigenvalue weighted by atomic mass is 10.1. The van der Waals surface area contributed by atoms with Gasteiger partial charge >= 0.3 is 0 Å². The molecule has 0 aliphatic carbocycles. The van der Waals surface area contributed by atoms with Crippen LogP contribution < -0.4 is 0 Å². The van der Waals surface area contributed by atoms with Crippen molar-refractivity contribution < 1.29 is 9.66 Å². The predicted octanol–water partition coefficient (Wildman–Crippen LogP) is 2.99. The second kappa shape index (κ2) is 5.11. The van der Waals surface area contributed by atoms with E-state index in [4.69, 9.17) is 0 Å². The Labute approximate surface area is 112 Å². The van der Waals surface area contributed by atoms with E-state index in [-0.39, 0.29) is 16.5 Å². The molecule has 1 heterocycles. The maximum absolute atomic E-state index is 12.5. The van der Waals surface area contributed by atoms with Crippen LogP contribution in [0.5, 0.6) is 5.75 Å². The summed E-state index contributed by atoms with van der Waals surface area (Å²) in [6.45, 7) is 6.91. The van der Waals surface area contributed by atoms with E-state index in [1.165, 1.54) is 0 Å². The smallest absolute Gasteiger partial charge is 0.137 e. The molecule has 100 valence electrons. The van der Waals surface area contributed by atoms with E-state index >= 15 is 0 Å². The lowest BCUT2D eigenvalue weighted by Gasteiger charge is -2.33. The molecule has 18 heavy (non-hydrogen) atoms. The minimum Gasteiger partial charge on any atom is -0.597 e. The second-order valence-electron chi connectivity index (χ2n) is 5.75. The number of phenolic OH excluding ortho intramolecular Hbond substituents is 1. The van der Waals surface area contributed by atoms with Crippen LogP contribution in [0.3, 0.4) is 0 Å². The molecule has 1 fully saturated rings. The molecular weight excluding hydrogens is 246 g/mol. The van der Waals surface area contributed by atoms with Gasteiger partial charge in [-0.1, -0.05) is 12.1 Å². The molecule has 0 spiro atoms. The van der Waals surface area contributed by atoms with E-state index in [1.54, 1.807) is 12.1 Å². The van der Waals surface area contributed by atoms with Crippen LogP contribution in [0.1, 0.15) is 45.2 Å². The minimum atomic E-state index is -0.978. The van der Waals surface area contributed by atoms with Gasteiger partial charge in [0.15, 0.2) is 0 Å². The molecule has 1 saturated heterocycles. The molecule has 0 bridgehead atoms. The van der Waals surface area contributed by atoms with E-state index < -0.39 is 11.4 Å². The average Bonchev–Trinajstić information content (AvgIpc) is 2.76. The fourth-order valence-corrected chi connectivity index (χ4v) is 3.78. The summed E-state index contributed by atoms with van der Waals surface area (Å²) in [6, 6.07) is 7.47. The summed E-state index contributed by atoms with van der Waals surface area (Å²) in [7, 11) is 0. The topological polar surface area (TPSA) is 46.5 Å². The van der Waals surface area contributed by atoms with Gasteiger partial charge in [0.25, 0.3) is 0 Å². The maximum Gasteiger partial charge on any atom is 0.137 e. The van der Waals surface area contributed by atoms with Crippen LogP contribution in [-0.4, -0.2) is 25.3 Å². The molecule has 0 amide bonds. The van der Waals surface area contributed by atoms with E-state index in [0.717, 1.165) is 24.9 Å². The highest BCUT2D eigenvalue weighted by Crippen LogP contribution is 2.37. The van der Waals surface area contributed by atoms with Crippen molar-refractivity contribution in [3.05, 3.63) is 29.8 Å². The summed E-state index contributed by atoms with van der Waals surface area (Å²) in [4.78, 5) is 0. The highest BCUT2D eigenvalue weighted by atomic mass is 32.2. The normalized spacial score (nSPS) is 23.2. The quantitative estimate of drug-likeness (QED) is 0.838. The van der Waals surface area contributed by atoms with Crippen molar-refractivity contribution in [2.75, 3.05) is 6.54 Å². The first kappa shape index (κ1) is 13.7.